The molecule has 0 spiro atoms. The minimum absolute atomic E-state index is 0.0521. The van der Waals surface area contributed by atoms with Crippen LogP contribution in [0.1, 0.15) is 103 Å². The van der Waals surface area contributed by atoms with E-state index in [-0.39, 0.29) is 88.2 Å². The summed E-state index contributed by atoms with van der Waals surface area (Å²) < 4.78 is 46.4. The summed E-state index contributed by atoms with van der Waals surface area (Å²) in [5.41, 5.74) is 11.4. The third-order valence-electron chi connectivity index (χ3n) is 20.9. The normalized spacial score (nSPS) is 46.1. The van der Waals surface area contributed by atoms with Crippen molar-refractivity contribution >= 4 is 11.9 Å². The van der Waals surface area contributed by atoms with Crippen molar-refractivity contribution in [3.05, 3.63) is 0 Å². The van der Waals surface area contributed by atoms with Crippen LogP contribution in [0.4, 0.5) is 0 Å². The number of hydrogen-bond acceptors (Lipinski definition) is 44. The molecule has 9 rings (SSSR count). The first-order valence-corrected chi connectivity index (χ1v) is 38.5. The van der Waals surface area contributed by atoms with Gasteiger partial charge >= 0.3 is 0 Å². The van der Waals surface area contributed by atoms with Gasteiger partial charge in [0.2, 0.25) is 5.91 Å². The van der Waals surface area contributed by atoms with Crippen molar-refractivity contribution < 1.29 is 211 Å². The average Bonchev–Trinajstić information content (AvgIpc) is 0.816. The van der Waals surface area contributed by atoms with Crippen LogP contribution in [0, 0.1) is 17.8 Å². The Bertz CT molecular complexity index is 2510. The van der Waals surface area contributed by atoms with E-state index in [2.05, 4.69) is 5.32 Å². The fourth-order valence-electron chi connectivity index (χ4n) is 13.0. The number of ether oxygens (including phenoxy) is 9. The molecule has 9 saturated heterocycles. The van der Waals surface area contributed by atoms with E-state index in [9.17, 15) is 127 Å². The summed E-state index contributed by atoms with van der Waals surface area (Å²) in [5.74, 6) is -1.16. The summed E-state index contributed by atoms with van der Waals surface area (Å²) in [5, 5.41) is 290. The first-order valence-electron chi connectivity index (χ1n) is 38.5. The molecule has 45 heteroatoms. The van der Waals surface area contributed by atoms with Gasteiger partial charge in [-0.2, -0.15) is 0 Å². The van der Waals surface area contributed by atoms with E-state index in [1.54, 1.807) is 34.6 Å². The Morgan fingerprint density at radius 1 is 0.310 bits per heavy atom. The van der Waals surface area contributed by atoms with E-state index in [4.69, 9.17) is 95.0 Å². The third kappa shape index (κ3) is 32.1. The van der Waals surface area contributed by atoms with Gasteiger partial charge < -0.3 is 223 Å². The summed E-state index contributed by atoms with van der Waals surface area (Å²) in [6.45, 7) is 22.5. The average molecular weight is 1710 g/mol. The number of amides is 1. The van der Waals surface area contributed by atoms with Gasteiger partial charge in [-0.15, -0.1) is 0 Å². The number of aliphatic hydroxyl groups excluding tert-OH is 30. The topological polar surface area (TPSA) is 811 Å². The maximum Gasteiger partial charge on any atom is 0.216 e. The summed E-state index contributed by atoms with van der Waals surface area (Å²) in [6.07, 6.45) is -39.5. The fraction of sp³-hybridized carbons (Fsp3) is 0.972. The highest BCUT2D eigenvalue weighted by Gasteiger charge is 2.49. The van der Waals surface area contributed by atoms with Crippen LogP contribution in [0.15, 0.2) is 0 Å². The van der Waals surface area contributed by atoms with Crippen LogP contribution in [0.3, 0.4) is 0 Å². The molecule has 116 heavy (non-hydrogen) atoms. The van der Waals surface area contributed by atoms with Gasteiger partial charge in [-0.05, 0) is 66.2 Å². The van der Waals surface area contributed by atoms with Crippen molar-refractivity contribution in [2.24, 2.45) is 29.2 Å². The van der Waals surface area contributed by atoms with Crippen molar-refractivity contribution in [1.29, 1.82) is 0 Å². The maximum atomic E-state index is 10.7. The molecule has 1 amide bonds. The quantitative estimate of drug-likeness (QED) is 0.0863. The van der Waals surface area contributed by atoms with Gasteiger partial charge in [-0.25, -0.2) is 0 Å². The molecule has 0 aromatic heterocycles. The highest BCUT2D eigenvalue weighted by atomic mass is 16.6. The van der Waals surface area contributed by atoms with Gasteiger partial charge in [0.25, 0.3) is 0 Å². The molecule has 0 aromatic rings. The molecule has 35 N–H and O–H groups in total. The van der Waals surface area contributed by atoms with Crippen molar-refractivity contribution in [3.63, 3.8) is 0 Å². The van der Waals surface area contributed by atoms with Crippen molar-refractivity contribution in [2.75, 3.05) is 46.2 Å². The molecular weight excluding hydrogens is 1570 g/mol. The lowest BCUT2D eigenvalue weighted by Gasteiger charge is -2.42. The van der Waals surface area contributed by atoms with Crippen LogP contribution < -0.4 is 21.9 Å². The smallest absolute Gasteiger partial charge is 0.216 e. The van der Waals surface area contributed by atoms with Crippen LogP contribution in [-0.4, -0.2) is 480 Å². The van der Waals surface area contributed by atoms with E-state index in [0.717, 1.165) is 0 Å². The Balaban J connectivity index is 0.000000653. The number of carbonyl (C=O) groups excluding carboxylic acids is 2. The monoisotopic (exact) mass is 1710 g/mol. The minimum Gasteiger partial charge on any atom is -0.550 e. The van der Waals surface area contributed by atoms with E-state index in [1.807, 2.05) is 48.5 Å². The zero-order valence-corrected chi connectivity index (χ0v) is 67.8. The summed E-state index contributed by atoms with van der Waals surface area (Å²) in [7, 11) is 0. The number of rotatable bonds is 12. The molecule has 9 fully saturated rings. The number of nitrogens with two attached hydrogens (primary N) is 2. The second-order valence-corrected chi connectivity index (χ2v) is 31.2. The molecule has 9 heterocycles. The Kier molecular flexibility index (Phi) is 50.7. The van der Waals surface area contributed by atoms with Crippen LogP contribution in [0.25, 0.3) is 0 Å². The van der Waals surface area contributed by atoms with Crippen molar-refractivity contribution in [3.8, 4) is 0 Å². The largest absolute Gasteiger partial charge is 0.550 e. The molecule has 9 aliphatic heterocycles. The van der Waals surface area contributed by atoms with Crippen LogP contribution in [0.5, 0.6) is 0 Å². The summed E-state index contributed by atoms with van der Waals surface area (Å²) in [4.78, 5) is 20.9. The predicted octanol–water partition coefficient (Wildman–Crippen LogP) is -16.6. The Morgan fingerprint density at radius 3 is 0.879 bits per heavy atom. The maximum absolute atomic E-state index is 10.7. The lowest BCUT2D eigenvalue weighted by atomic mass is 9.88. The molecule has 0 aliphatic carbocycles. The van der Waals surface area contributed by atoms with E-state index in [1.165, 1.54) is 13.8 Å². The summed E-state index contributed by atoms with van der Waals surface area (Å²) in [6, 6.07) is -1.10. The minimum atomic E-state index is -1.40. The number of aliphatic hydroxyl groups is 30. The van der Waals surface area contributed by atoms with Crippen LogP contribution in [-0.2, 0) is 52.2 Å². The fourth-order valence-corrected chi connectivity index (χ4v) is 13.0. The molecule has 45 nitrogen and oxygen atoms in total. The first kappa shape index (κ1) is 111. The Labute approximate surface area is 672 Å². The number of hydrogen-bond donors (Lipinski definition) is 33. The summed E-state index contributed by atoms with van der Waals surface area (Å²) >= 11 is 0. The van der Waals surface area contributed by atoms with Gasteiger partial charge in [0.05, 0.1) is 125 Å². The SMILES string of the molecule is CC(=O)NCC1OC(C)C(O)C(O)C1O.CC(C)[C@@H]1OC(C)[C@@H](N)[C@H](O)C1O.CC(C)[C@@H]1OC(C)[C@@H](O)[C@H](O)C1O.CC(C)[C@@H]1OC(CO)[C@@H](O)[C@H](O)C1N.CC1OC(CC(=O)[O-])C(O)C(O)C1O.CC1OC(CO)C(O)C(O)C1O.CC1OC(CO)C(O)C(O)C1O.CC1OC(CO)C(O)C(O)C1O.OCC1OCC(O)C(O)C1O. The Hall–Kier alpha value is -2.70. The van der Waals surface area contributed by atoms with Crippen molar-refractivity contribution in [1.82, 2.24) is 5.32 Å². The first-order chi connectivity index (χ1) is 53.6. The number of aliphatic carboxylic acids is 1. The van der Waals surface area contributed by atoms with Gasteiger partial charge in [-0.3, -0.25) is 4.79 Å². The molecule has 9 aliphatic rings. The lowest BCUT2D eigenvalue weighted by Crippen LogP contribution is -2.63. The highest BCUT2D eigenvalue weighted by molar-refractivity contribution is 5.72. The number of carbonyl (C=O) groups is 2. The van der Waals surface area contributed by atoms with Gasteiger partial charge in [-0.1, -0.05) is 41.5 Å². The van der Waals surface area contributed by atoms with E-state index in [0.29, 0.717) is 0 Å². The molecule has 0 radical (unpaired) electrons. The molecular formula is C71H140N3O42-. The molecule has 0 bridgehead atoms. The van der Waals surface area contributed by atoms with Gasteiger partial charge in [0.1, 0.15) is 183 Å². The van der Waals surface area contributed by atoms with Crippen LogP contribution in [0.2, 0.25) is 0 Å². The van der Waals surface area contributed by atoms with Crippen LogP contribution >= 0.6 is 0 Å². The number of nitrogens with one attached hydrogen (secondary N) is 1. The zero-order valence-electron chi connectivity index (χ0n) is 67.8. The second kappa shape index (κ2) is 52.8. The molecule has 0 aromatic carbocycles. The van der Waals surface area contributed by atoms with E-state index < -0.39 is 263 Å². The number of carboxylic acids is 1. The molecule has 0 saturated carbocycles. The highest BCUT2D eigenvalue weighted by Crippen LogP contribution is 2.30. The van der Waals surface area contributed by atoms with Gasteiger partial charge in [0, 0.05) is 25.9 Å². The lowest BCUT2D eigenvalue weighted by molar-refractivity contribution is -0.312. The molecule has 44 atom stereocenters. The standard InChI is InChI=1S/C9H17NO5.C9H19NO4.C9H19NO3.C9H18O4.C8H14O6.3C7H14O5.C6H12O5/c1-4-7(12)9(14)8(13)6(15-4)3-10-5(2)11;1-4(2)9-6(10)8(13)7(12)5(3-11)14-9;2*1-4(2)9-8(12)7(11)6(10)5(3)13-9;1-3-6(11)8(13)7(12)4(14-3)2-5(9)10;3*1-3-5(9)7(11)6(10)4(2-8)12-3;7-1-4-6(10)5(9)3(8)2-11-4/h4,6-9,12-14H,3H2,1-2H3,(H,10,11);4-9,11-13H,3,10H2,1-2H3;4-9,11-12H,10H2,1-3H3;4-12H,1-3H3;3-4,6-8,11-13H,2H2,1H3,(H,9,10);3*3-11H,2H2,1H3;3-10H,1-2H2/p-1/t;5?,6?,7-,8-,9+;2*5?,6-,7+,8?,9+;;;;;/m.111...../s1. The van der Waals surface area contributed by atoms with E-state index >= 15 is 0 Å². The second-order valence-electron chi connectivity index (χ2n) is 31.2. The number of carboxylic acid groups (broad SMARTS) is 1. The zero-order chi connectivity index (χ0) is 90.0. The van der Waals surface area contributed by atoms with Crippen molar-refractivity contribution in [2.45, 2.75) is 372 Å². The molecule has 35 unspecified atom stereocenters. The molecule has 692 valence electrons. The predicted molar refractivity (Wildman–Crippen MR) is 393 cm³/mol. The third-order valence-corrected chi connectivity index (χ3v) is 20.9. The Morgan fingerprint density at radius 2 is 0.560 bits per heavy atom. The van der Waals surface area contributed by atoms with Gasteiger partial charge in [0.15, 0.2) is 0 Å².